The highest BCUT2D eigenvalue weighted by atomic mass is 16.5. The van der Waals surface area contributed by atoms with Crippen molar-refractivity contribution in [2.75, 3.05) is 17.3 Å². The van der Waals surface area contributed by atoms with Gasteiger partial charge in [-0.15, -0.1) is 10.2 Å². The number of nitrogens with one attached hydrogen (secondary N) is 1. The highest BCUT2D eigenvalue weighted by molar-refractivity contribution is 5.64. The minimum absolute atomic E-state index is 0.494. The van der Waals surface area contributed by atoms with Crippen LogP contribution in [0.3, 0.4) is 0 Å². The zero-order chi connectivity index (χ0) is 19.1. The second-order valence-electron chi connectivity index (χ2n) is 7.32. The standard InChI is InChI=1S/C20H23N7O/c1-13-24-25-18-12-26(15-5-3-4-6-15)19-17(27(13)18)11-21-20(23-19)22-14-7-9-16(28-2)10-8-14/h7-11,15H,3-6,12H2,1-2H3,(H,21,22,23). The fourth-order valence-electron chi connectivity index (χ4n) is 4.17. The van der Waals surface area contributed by atoms with Crippen molar-refractivity contribution in [1.29, 1.82) is 0 Å². The summed E-state index contributed by atoms with van der Waals surface area (Å²) in [6, 6.07) is 8.24. The van der Waals surface area contributed by atoms with Crippen LogP contribution in [0.2, 0.25) is 0 Å². The number of fused-ring (bicyclic) bond motifs is 3. The van der Waals surface area contributed by atoms with E-state index >= 15 is 0 Å². The van der Waals surface area contributed by atoms with Crippen molar-refractivity contribution in [3.05, 3.63) is 42.1 Å². The molecule has 0 spiro atoms. The van der Waals surface area contributed by atoms with E-state index in [1.807, 2.05) is 37.4 Å². The molecule has 2 aromatic heterocycles. The third kappa shape index (κ3) is 2.85. The van der Waals surface area contributed by atoms with Crippen molar-refractivity contribution in [2.24, 2.45) is 0 Å². The second-order valence-corrected chi connectivity index (χ2v) is 7.32. The van der Waals surface area contributed by atoms with E-state index in [-0.39, 0.29) is 0 Å². The number of rotatable bonds is 4. The quantitative estimate of drug-likeness (QED) is 0.746. The van der Waals surface area contributed by atoms with E-state index in [4.69, 9.17) is 9.72 Å². The van der Waals surface area contributed by atoms with Crippen LogP contribution in [-0.2, 0) is 6.54 Å². The van der Waals surface area contributed by atoms with Crippen LogP contribution in [0.5, 0.6) is 5.75 Å². The van der Waals surface area contributed by atoms with E-state index in [1.54, 1.807) is 7.11 Å². The van der Waals surface area contributed by atoms with Crippen LogP contribution in [0, 0.1) is 6.92 Å². The van der Waals surface area contributed by atoms with Crippen molar-refractivity contribution in [3.63, 3.8) is 0 Å². The maximum Gasteiger partial charge on any atom is 0.229 e. The van der Waals surface area contributed by atoms with Gasteiger partial charge in [0.05, 0.1) is 19.9 Å². The summed E-state index contributed by atoms with van der Waals surface area (Å²) < 4.78 is 7.29. The highest BCUT2D eigenvalue weighted by Gasteiger charge is 2.33. The minimum atomic E-state index is 0.494. The number of aromatic nitrogens is 5. The fourth-order valence-corrected chi connectivity index (χ4v) is 4.17. The summed E-state index contributed by atoms with van der Waals surface area (Å²) in [4.78, 5) is 11.8. The molecule has 0 saturated heterocycles. The van der Waals surface area contributed by atoms with Crippen molar-refractivity contribution < 1.29 is 4.74 Å². The summed E-state index contributed by atoms with van der Waals surface area (Å²) >= 11 is 0. The highest BCUT2D eigenvalue weighted by Crippen LogP contribution is 2.36. The molecule has 5 rings (SSSR count). The number of aryl methyl sites for hydroxylation is 1. The van der Waals surface area contributed by atoms with Crippen LogP contribution >= 0.6 is 0 Å². The number of methoxy groups -OCH3 is 1. The molecule has 1 fully saturated rings. The van der Waals surface area contributed by atoms with Crippen LogP contribution in [-0.4, -0.2) is 37.9 Å². The van der Waals surface area contributed by atoms with Crippen molar-refractivity contribution in [2.45, 2.75) is 45.2 Å². The Kier molecular flexibility index (Phi) is 4.11. The predicted molar refractivity (Wildman–Crippen MR) is 106 cm³/mol. The zero-order valence-corrected chi connectivity index (χ0v) is 16.1. The van der Waals surface area contributed by atoms with E-state index in [1.165, 1.54) is 25.7 Å². The Morgan fingerprint density at radius 3 is 2.64 bits per heavy atom. The molecule has 28 heavy (non-hydrogen) atoms. The van der Waals surface area contributed by atoms with E-state index in [0.29, 0.717) is 12.0 Å². The minimum Gasteiger partial charge on any atom is -0.497 e. The van der Waals surface area contributed by atoms with Crippen molar-refractivity contribution in [3.8, 4) is 11.4 Å². The van der Waals surface area contributed by atoms with Gasteiger partial charge in [0.1, 0.15) is 17.3 Å². The number of nitrogens with zero attached hydrogens (tertiary/aromatic N) is 6. The fraction of sp³-hybridized carbons (Fsp3) is 0.400. The summed E-state index contributed by atoms with van der Waals surface area (Å²) in [6.45, 7) is 2.70. The van der Waals surface area contributed by atoms with Crippen LogP contribution in [0.25, 0.3) is 5.69 Å². The molecule has 0 unspecified atom stereocenters. The van der Waals surface area contributed by atoms with Gasteiger partial charge in [-0.1, -0.05) is 12.8 Å². The molecule has 0 radical (unpaired) electrons. The SMILES string of the molecule is COc1ccc(Nc2ncc3c(n2)N(C2CCCC2)Cc2nnc(C)n2-3)cc1. The van der Waals surface area contributed by atoms with Gasteiger partial charge < -0.3 is 15.0 Å². The topological polar surface area (TPSA) is 81.0 Å². The van der Waals surface area contributed by atoms with E-state index < -0.39 is 0 Å². The Hall–Kier alpha value is -3.16. The number of hydrogen-bond acceptors (Lipinski definition) is 7. The lowest BCUT2D eigenvalue weighted by molar-refractivity contribution is 0.415. The molecule has 1 aromatic carbocycles. The summed E-state index contributed by atoms with van der Waals surface area (Å²) in [7, 11) is 1.66. The number of hydrogen-bond donors (Lipinski definition) is 1. The molecule has 0 amide bonds. The van der Waals surface area contributed by atoms with Gasteiger partial charge >= 0.3 is 0 Å². The van der Waals surface area contributed by atoms with Gasteiger partial charge in [0, 0.05) is 11.7 Å². The Morgan fingerprint density at radius 1 is 1.11 bits per heavy atom. The van der Waals surface area contributed by atoms with E-state index in [9.17, 15) is 0 Å². The van der Waals surface area contributed by atoms with Gasteiger partial charge in [-0.2, -0.15) is 4.98 Å². The van der Waals surface area contributed by atoms with Crippen LogP contribution in [0.1, 0.15) is 37.3 Å². The number of benzene rings is 1. The summed E-state index contributed by atoms with van der Waals surface area (Å²) in [6.07, 6.45) is 6.79. The molecule has 1 saturated carbocycles. The van der Waals surface area contributed by atoms with E-state index in [2.05, 4.69) is 30.0 Å². The Bertz CT molecular complexity index is 992. The molecule has 1 N–H and O–H groups in total. The number of anilines is 3. The van der Waals surface area contributed by atoms with E-state index in [0.717, 1.165) is 41.1 Å². The Labute approximate surface area is 163 Å². The molecular weight excluding hydrogens is 354 g/mol. The zero-order valence-electron chi connectivity index (χ0n) is 16.1. The molecular formula is C20H23N7O. The Morgan fingerprint density at radius 2 is 1.89 bits per heavy atom. The largest absolute Gasteiger partial charge is 0.497 e. The van der Waals surface area contributed by atoms with Gasteiger partial charge in [0.2, 0.25) is 5.95 Å². The first-order chi connectivity index (χ1) is 13.7. The first-order valence-electron chi connectivity index (χ1n) is 9.69. The maximum absolute atomic E-state index is 5.22. The van der Waals surface area contributed by atoms with Crippen LogP contribution < -0.4 is 15.0 Å². The van der Waals surface area contributed by atoms with Gasteiger partial charge in [-0.25, -0.2) is 4.98 Å². The van der Waals surface area contributed by atoms with Gasteiger partial charge in [-0.3, -0.25) is 4.57 Å². The second kappa shape index (κ2) is 6.78. The van der Waals surface area contributed by atoms with Crippen molar-refractivity contribution in [1.82, 2.24) is 24.7 Å². The molecule has 3 heterocycles. The van der Waals surface area contributed by atoms with Gasteiger partial charge in [0.25, 0.3) is 0 Å². The first kappa shape index (κ1) is 17.0. The molecule has 2 aliphatic rings. The molecule has 0 atom stereocenters. The van der Waals surface area contributed by atoms with Crippen LogP contribution in [0.15, 0.2) is 30.5 Å². The summed E-state index contributed by atoms with van der Waals surface area (Å²) in [5.74, 6) is 4.17. The van der Waals surface area contributed by atoms with Crippen molar-refractivity contribution >= 4 is 17.5 Å². The molecule has 0 bridgehead atoms. The molecule has 8 nitrogen and oxygen atoms in total. The van der Waals surface area contributed by atoms with Crippen LogP contribution in [0.4, 0.5) is 17.5 Å². The average molecular weight is 377 g/mol. The Balaban J connectivity index is 1.52. The summed E-state index contributed by atoms with van der Waals surface area (Å²) in [5, 5.41) is 11.9. The predicted octanol–water partition coefficient (Wildman–Crippen LogP) is 3.38. The van der Waals surface area contributed by atoms with Gasteiger partial charge in [-0.05, 0) is 44.0 Å². The lowest BCUT2D eigenvalue weighted by Gasteiger charge is -2.35. The molecule has 1 aliphatic heterocycles. The molecule has 144 valence electrons. The third-order valence-electron chi connectivity index (χ3n) is 5.58. The average Bonchev–Trinajstić information content (AvgIpc) is 3.38. The smallest absolute Gasteiger partial charge is 0.229 e. The first-order valence-corrected chi connectivity index (χ1v) is 9.69. The number of ether oxygens (including phenoxy) is 1. The molecule has 8 heteroatoms. The monoisotopic (exact) mass is 377 g/mol. The third-order valence-corrected chi connectivity index (χ3v) is 5.58. The lowest BCUT2D eigenvalue weighted by atomic mass is 10.1. The normalized spacial score (nSPS) is 16.0. The maximum atomic E-state index is 5.22. The summed E-state index contributed by atoms with van der Waals surface area (Å²) in [5.41, 5.74) is 1.88. The lowest BCUT2D eigenvalue weighted by Crippen LogP contribution is -2.38. The molecule has 3 aromatic rings. The van der Waals surface area contributed by atoms with Gasteiger partial charge in [0.15, 0.2) is 11.6 Å². The molecule has 1 aliphatic carbocycles.